The summed E-state index contributed by atoms with van der Waals surface area (Å²) >= 11 is 0. The van der Waals surface area contributed by atoms with Crippen LogP contribution in [0.5, 0.6) is 0 Å². The van der Waals surface area contributed by atoms with Crippen LogP contribution in [0.2, 0.25) is 0 Å². The van der Waals surface area contributed by atoms with Gasteiger partial charge in [0.15, 0.2) is 5.58 Å². The first-order valence-electron chi connectivity index (χ1n) is 6.95. The molecule has 2 aromatic carbocycles. The molecule has 3 aromatic rings. The Morgan fingerprint density at radius 1 is 1.10 bits per heavy atom. The fourth-order valence-electron chi connectivity index (χ4n) is 2.34. The number of oxazole rings is 1. The Morgan fingerprint density at radius 2 is 1.81 bits per heavy atom. The fraction of sp³-hybridized carbons (Fsp3) is 0.235. The highest BCUT2D eigenvalue weighted by Gasteiger charge is 2.12. The van der Waals surface area contributed by atoms with Crippen molar-refractivity contribution in [2.75, 3.05) is 31.4 Å². The van der Waals surface area contributed by atoms with Crippen LogP contribution in [-0.2, 0) is 0 Å². The van der Waals surface area contributed by atoms with Gasteiger partial charge >= 0.3 is 0 Å². The Bertz CT molecular complexity index is 773. The molecule has 0 radical (unpaired) electrons. The number of rotatable bonds is 3. The van der Waals surface area contributed by atoms with Crippen LogP contribution < -0.4 is 10.2 Å². The Labute approximate surface area is 124 Å². The minimum absolute atomic E-state index is 0.659. The topological polar surface area (TPSA) is 41.3 Å². The second kappa shape index (κ2) is 5.13. The van der Waals surface area contributed by atoms with E-state index in [2.05, 4.69) is 27.3 Å². The molecule has 0 spiro atoms. The van der Waals surface area contributed by atoms with Crippen LogP contribution in [0.3, 0.4) is 0 Å². The van der Waals surface area contributed by atoms with Gasteiger partial charge in [-0.15, -0.1) is 0 Å². The summed E-state index contributed by atoms with van der Waals surface area (Å²) in [7, 11) is 5.96. The van der Waals surface area contributed by atoms with Crippen LogP contribution in [0.1, 0.15) is 5.56 Å². The van der Waals surface area contributed by atoms with Crippen LogP contribution in [0.25, 0.3) is 22.6 Å². The van der Waals surface area contributed by atoms with Crippen molar-refractivity contribution in [2.24, 2.45) is 0 Å². The molecule has 0 fully saturated rings. The number of benzene rings is 2. The zero-order valence-electron chi connectivity index (χ0n) is 12.8. The van der Waals surface area contributed by atoms with E-state index >= 15 is 0 Å². The lowest BCUT2D eigenvalue weighted by atomic mass is 10.2. The first kappa shape index (κ1) is 13.5. The molecule has 3 rings (SSSR count). The molecule has 0 bridgehead atoms. The molecular weight excluding hydrogens is 262 g/mol. The van der Waals surface area contributed by atoms with Crippen LogP contribution in [0, 0.1) is 6.92 Å². The third-order valence-electron chi connectivity index (χ3n) is 3.60. The number of hydrogen-bond donors (Lipinski definition) is 1. The lowest BCUT2D eigenvalue weighted by Crippen LogP contribution is -2.08. The Balaban J connectivity index is 2.09. The lowest BCUT2D eigenvalue weighted by molar-refractivity contribution is 0.617. The van der Waals surface area contributed by atoms with Gasteiger partial charge in [-0.2, -0.15) is 0 Å². The zero-order chi connectivity index (χ0) is 15.0. The van der Waals surface area contributed by atoms with Gasteiger partial charge in [0.25, 0.3) is 0 Å². The van der Waals surface area contributed by atoms with E-state index in [1.807, 2.05) is 52.3 Å². The van der Waals surface area contributed by atoms with Gasteiger partial charge in [0, 0.05) is 38.1 Å². The van der Waals surface area contributed by atoms with Crippen molar-refractivity contribution in [3.63, 3.8) is 0 Å². The van der Waals surface area contributed by atoms with E-state index in [4.69, 9.17) is 4.42 Å². The zero-order valence-corrected chi connectivity index (χ0v) is 12.8. The molecule has 0 aliphatic rings. The van der Waals surface area contributed by atoms with Gasteiger partial charge in [0.05, 0.1) is 0 Å². The molecule has 1 aromatic heterocycles. The number of aryl methyl sites for hydroxylation is 1. The summed E-state index contributed by atoms with van der Waals surface area (Å²) in [6.07, 6.45) is 0. The van der Waals surface area contributed by atoms with Crippen molar-refractivity contribution in [2.45, 2.75) is 6.92 Å². The highest BCUT2D eigenvalue weighted by Crippen LogP contribution is 2.30. The van der Waals surface area contributed by atoms with E-state index in [0.717, 1.165) is 33.6 Å². The predicted octanol–water partition coefficient (Wildman–Crippen LogP) is 3.91. The standard InChI is InChI=1S/C17H19N3O/c1-11-9-14(20(3)4)10-15-16(11)21-17(19-15)12-5-7-13(18-2)8-6-12/h5-10,18H,1-4H3. The number of aromatic nitrogens is 1. The maximum absolute atomic E-state index is 5.94. The quantitative estimate of drug-likeness (QED) is 0.790. The first-order valence-corrected chi connectivity index (χ1v) is 6.95. The third kappa shape index (κ3) is 2.44. The second-order valence-corrected chi connectivity index (χ2v) is 5.35. The summed E-state index contributed by atoms with van der Waals surface area (Å²) < 4.78 is 5.94. The van der Waals surface area contributed by atoms with Crippen LogP contribution in [0.15, 0.2) is 40.8 Å². The van der Waals surface area contributed by atoms with Crippen LogP contribution in [-0.4, -0.2) is 26.1 Å². The molecule has 0 atom stereocenters. The summed E-state index contributed by atoms with van der Waals surface area (Å²) in [5, 5.41) is 3.10. The maximum Gasteiger partial charge on any atom is 0.227 e. The van der Waals surface area contributed by atoms with Crippen molar-refractivity contribution >= 4 is 22.5 Å². The lowest BCUT2D eigenvalue weighted by Gasteiger charge is -2.12. The highest BCUT2D eigenvalue weighted by molar-refractivity contribution is 5.83. The van der Waals surface area contributed by atoms with E-state index in [1.54, 1.807) is 0 Å². The van der Waals surface area contributed by atoms with Gasteiger partial charge in [-0.25, -0.2) is 4.98 Å². The Morgan fingerprint density at radius 3 is 2.43 bits per heavy atom. The first-order chi connectivity index (χ1) is 10.1. The van der Waals surface area contributed by atoms with Crippen LogP contribution >= 0.6 is 0 Å². The van der Waals surface area contributed by atoms with E-state index in [9.17, 15) is 0 Å². The molecule has 0 unspecified atom stereocenters. The van der Waals surface area contributed by atoms with Crippen molar-refractivity contribution < 1.29 is 4.42 Å². The molecule has 0 aliphatic carbocycles. The van der Waals surface area contributed by atoms with Gasteiger partial charge in [-0.3, -0.25) is 0 Å². The smallest absolute Gasteiger partial charge is 0.227 e. The molecule has 1 N–H and O–H groups in total. The van der Waals surface area contributed by atoms with Crippen molar-refractivity contribution in [3.8, 4) is 11.5 Å². The molecule has 4 nitrogen and oxygen atoms in total. The molecule has 4 heteroatoms. The van der Waals surface area contributed by atoms with Gasteiger partial charge in [0.2, 0.25) is 5.89 Å². The average molecular weight is 281 g/mol. The van der Waals surface area contributed by atoms with Gasteiger partial charge in [-0.05, 0) is 48.9 Å². The van der Waals surface area contributed by atoms with Gasteiger partial charge in [-0.1, -0.05) is 0 Å². The largest absolute Gasteiger partial charge is 0.436 e. The van der Waals surface area contributed by atoms with E-state index in [0.29, 0.717) is 5.89 Å². The Hall–Kier alpha value is -2.49. The summed E-state index contributed by atoms with van der Waals surface area (Å²) in [6.45, 7) is 2.05. The SMILES string of the molecule is CNc1ccc(-c2nc3cc(N(C)C)cc(C)c3o2)cc1. The molecule has 0 amide bonds. The number of hydrogen-bond acceptors (Lipinski definition) is 4. The summed E-state index contributed by atoms with van der Waals surface area (Å²) in [5.41, 5.74) is 6.03. The monoisotopic (exact) mass is 281 g/mol. The van der Waals surface area contributed by atoms with E-state index < -0.39 is 0 Å². The number of anilines is 2. The fourth-order valence-corrected chi connectivity index (χ4v) is 2.34. The molecule has 0 saturated carbocycles. The van der Waals surface area contributed by atoms with E-state index in [-0.39, 0.29) is 0 Å². The summed E-state index contributed by atoms with van der Waals surface area (Å²) in [5.74, 6) is 0.659. The molecule has 0 aliphatic heterocycles. The Kier molecular flexibility index (Phi) is 3.29. The van der Waals surface area contributed by atoms with E-state index in [1.165, 1.54) is 0 Å². The third-order valence-corrected chi connectivity index (χ3v) is 3.60. The van der Waals surface area contributed by atoms with Crippen molar-refractivity contribution in [1.82, 2.24) is 4.98 Å². The number of fused-ring (bicyclic) bond motifs is 1. The second-order valence-electron chi connectivity index (χ2n) is 5.35. The van der Waals surface area contributed by atoms with Crippen molar-refractivity contribution in [1.29, 1.82) is 0 Å². The summed E-state index contributed by atoms with van der Waals surface area (Å²) in [4.78, 5) is 6.70. The molecule has 0 saturated heterocycles. The molecule has 1 heterocycles. The number of nitrogens with zero attached hydrogens (tertiary/aromatic N) is 2. The highest BCUT2D eigenvalue weighted by atomic mass is 16.3. The minimum atomic E-state index is 0.659. The summed E-state index contributed by atoms with van der Waals surface area (Å²) in [6, 6.07) is 12.2. The van der Waals surface area contributed by atoms with Gasteiger partial charge in [0.1, 0.15) is 5.52 Å². The molecule has 108 valence electrons. The number of nitrogens with one attached hydrogen (secondary N) is 1. The predicted molar refractivity (Wildman–Crippen MR) is 88.1 cm³/mol. The van der Waals surface area contributed by atoms with Crippen molar-refractivity contribution in [3.05, 3.63) is 42.0 Å². The van der Waals surface area contributed by atoms with Crippen LogP contribution in [0.4, 0.5) is 11.4 Å². The normalized spacial score (nSPS) is 10.9. The molecular formula is C17H19N3O. The minimum Gasteiger partial charge on any atom is -0.436 e. The molecule has 21 heavy (non-hydrogen) atoms. The average Bonchev–Trinajstić information content (AvgIpc) is 2.92. The maximum atomic E-state index is 5.94. The van der Waals surface area contributed by atoms with Gasteiger partial charge < -0.3 is 14.6 Å².